The second-order valence-electron chi connectivity index (χ2n) is 3.94. The Morgan fingerprint density at radius 3 is 2.71 bits per heavy atom. The molecule has 0 aliphatic carbocycles. The standard InChI is InChI=1S/C11H15ClN2OS2/c1-3-11(2,9(13)16)10(15)14-6-7-4-5-8(12)17-7/h4-5H,3,6H2,1-2H3,(H2,13,16)(H,14,15). The summed E-state index contributed by atoms with van der Waals surface area (Å²) in [6.07, 6.45) is 0.583. The Bertz CT molecular complexity index is 433. The maximum atomic E-state index is 12.0. The van der Waals surface area contributed by atoms with Gasteiger partial charge in [-0.1, -0.05) is 30.7 Å². The van der Waals surface area contributed by atoms with Gasteiger partial charge in [-0.2, -0.15) is 0 Å². The smallest absolute Gasteiger partial charge is 0.233 e. The minimum absolute atomic E-state index is 0.142. The van der Waals surface area contributed by atoms with Crippen LogP contribution in [-0.2, 0) is 11.3 Å². The maximum absolute atomic E-state index is 12.0. The highest BCUT2D eigenvalue weighted by Crippen LogP contribution is 2.24. The number of thiocarbonyl (C=S) groups is 1. The number of hydrogen-bond donors (Lipinski definition) is 2. The molecule has 1 amide bonds. The number of carbonyl (C=O) groups excluding carboxylic acids is 1. The van der Waals surface area contributed by atoms with Crippen molar-refractivity contribution in [1.82, 2.24) is 5.32 Å². The molecule has 6 heteroatoms. The molecule has 1 atom stereocenters. The fourth-order valence-corrected chi connectivity index (χ4v) is 2.52. The molecule has 1 rings (SSSR count). The molecule has 1 aromatic heterocycles. The number of thiophene rings is 1. The van der Waals surface area contributed by atoms with Crippen LogP contribution in [0.1, 0.15) is 25.1 Å². The van der Waals surface area contributed by atoms with Gasteiger partial charge in [0.15, 0.2) is 0 Å². The van der Waals surface area contributed by atoms with E-state index in [2.05, 4.69) is 5.32 Å². The van der Waals surface area contributed by atoms with Crippen molar-refractivity contribution in [2.75, 3.05) is 0 Å². The van der Waals surface area contributed by atoms with Crippen molar-refractivity contribution in [3.05, 3.63) is 21.3 Å². The lowest BCUT2D eigenvalue weighted by Gasteiger charge is -2.25. The fourth-order valence-electron chi connectivity index (χ4n) is 1.26. The lowest BCUT2D eigenvalue weighted by atomic mass is 9.86. The number of nitrogens with one attached hydrogen (secondary N) is 1. The largest absolute Gasteiger partial charge is 0.392 e. The van der Waals surface area contributed by atoms with Gasteiger partial charge in [0.05, 0.1) is 21.3 Å². The van der Waals surface area contributed by atoms with Crippen LogP contribution in [0, 0.1) is 5.41 Å². The summed E-state index contributed by atoms with van der Waals surface area (Å²) in [5.74, 6) is -0.142. The van der Waals surface area contributed by atoms with Crippen molar-refractivity contribution >= 4 is 46.1 Å². The Kier molecular flexibility index (Phi) is 4.91. The van der Waals surface area contributed by atoms with Gasteiger partial charge >= 0.3 is 0 Å². The van der Waals surface area contributed by atoms with Gasteiger partial charge in [-0.05, 0) is 25.5 Å². The molecule has 1 unspecified atom stereocenters. The minimum atomic E-state index is -0.781. The molecule has 0 aliphatic rings. The van der Waals surface area contributed by atoms with E-state index in [1.54, 1.807) is 13.0 Å². The summed E-state index contributed by atoms with van der Waals surface area (Å²) >= 11 is 12.2. The Labute approximate surface area is 115 Å². The Morgan fingerprint density at radius 2 is 2.29 bits per heavy atom. The molecule has 0 radical (unpaired) electrons. The average molecular weight is 291 g/mol. The van der Waals surface area contributed by atoms with Crippen molar-refractivity contribution < 1.29 is 4.79 Å². The molecule has 3 N–H and O–H groups in total. The minimum Gasteiger partial charge on any atom is -0.392 e. The first kappa shape index (κ1) is 14.4. The van der Waals surface area contributed by atoms with E-state index >= 15 is 0 Å². The number of hydrogen-bond acceptors (Lipinski definition) is 3. The predicted molar refractivity (Wildman–Crippen MR) is 76.4 cm³/mol. The lowest BCUT2D eigenvalue weighted by Crippen LogP contribution is -2.46. The van der Waals surface area contributed by atoms with Crippen molar-refractivity contribution in [2.24, 2.45) is 11.1 Å². The summed E-state index contributed by atoms with van der Waals surface area (Å²) in [5.41, 5.74) is 4.83. The second kappa shape index (κ2) is 5.80. The first-order valence-corrected chi connectivity index (χ1v) is 6.83. The topological polar surface area (TPSA) is 55.1 Å². The van der Waals surface area contributed by atoms with E-state index in [4.69, 9.17) is 29.6 Å². The number of carbonyl (C=O) groups is 1. The zero-order valence-electron chi connectivity index (χ0n) is 9.75. The van der Waals surface area contributed by atoms with E-state index < -0.39 is 5.41 Å². The molecule has 0 spiro atoms. The molecule has 3 nitrogen and oxygen atoms in total. The van der Waals surface area contributed by atoms with Crippen LogP contribution in [0.5, 0.6) is 0 Å². The summed E-state index contributed by atoms with van der Waals surface area (Å²) in [4.78, 5) is 13.2. The maximum Gasteiger partial charge on any atom is 0.233 e. The van der Waals surface area contributed by atoms with Crippen molar-refractivity contribution in [2.45, 2.75) is 26.8 Å². The van der Waals surface area contributed by atoms with Gasteiger partial charge < -0.3 is 11.1 Å². The fraction of sp³-hybridized carbons (Fsp3) is 0.455. The van der Waals surface area contributed by atoms with Crippen molar-refractivity contribution in [1.29, 1.82) is 0 Å². The number of amides is 1. The second-order valence-corrected chi connectivity index (χ2v) is 6.18. The van der Waals surface area contributed by atoms with Gasteiger partial charge in [0, 0.05) is 4.88 Å². The molecule has 1 aromatic rings. The van der Waals surface area contributed by atoms with E-state index in [1.165, 1.54) is 11.3 Å². The van der Waals surface area contributed by atoms with Gasteiger partial charge in [-0.25, -0.2) is 0 Å². The normalized spacial score (nSPS) is 14.1. The van der Waals surface area contributed by atoms with Crippen LogP contribution in [-0.4, -0.2) is 10.9 Å². The third kappa shape index (κ3) is 3.40. The van der Waals surface area contributed by atoms with E-state index in [9.17, 15) is 4.79 Å². The van der Waals surface area contributed by atoms with Gasteiger partial charge in [-0.15, -0.1) is 11.3 Å². The highest BCUT2D eigenvalue weighted by molar-refractivity contribution is 7.80. The summed E-state index contributed by atoms with van der Waals surface area (Å²) in [5, 5.41) is 2.83. The van der Waals surface area contributed by atoms with Crippen LogP contribution in [0.3, 0.4) is 0 Å². The molecule has 1 heterocycles. The molecule has 0 saturated carbocycles. The SMILES string of the molecule is CCC(C)(C(=O)NCc1ccc(Cl)s1)C(N)=S. The van der Waals surface area contributed by atoms with Crippen molar-refractivity contribution in [3.63, 3.8) is 0 Å². The van der Waals surface area contributed by atoms with Crippen LogP contribution < -0.4 is 11.1 Å². The summed E-state index contributed by atoms with van der Waals surface area (Å²) in [7, 11) is 0. The monoisotopic (exact) mass is 290 g/mol. The third-order valence-electron chi connectivity index (χ3n) is 2.80. The molecule has 17 heavy (non-hydrogen) atoms. The third-order valence-corrected chi connectivity index (χ3v) is 4.49. The molecule has 0 aliphatic heterocycles. The average Bonchev–Trinajstić information content (AvgIpc) is 2.70. The Balaban J connectivity index is 2.63. The van der Waals surface area contributed by atoms with Crippen LogP contribution in [0.4, 0.5) is 0 Å². The highest BCUT2D eigenvalue weighted by Gasteiger charge is 2.34. The van der Waals surface area contributed by atoms with E-state index in [-0.39, 0.29) is 10.9 Å². The van der Waals surface area contributed by atoms with Gasteiger partial charge in [0.25, 0.3) is 0 Å². The van der Waals surface area contributed by atoms with Crippen LogP contribution in [0.2, 0.25) is 4.34 Å². The van der Waals surface area contributed by atoms with Gasteiger partial charge in [0.1, 0.15) is 0 Å². The number of nitrogens with two attached hydrogens (primary N) is 1. The first-order valence-electron chi connectivity index (χ1n) is 5.22. The van der Waals surface area contributed by atoms with E-state index in [0.717, 1.165) is 4.88 Å². The first-order chi connectivity index (χ1) is 7.90. The zero-order chi connectivity index (χ0) is 13.1. The Morgan fingerprint density at radius 1 is 1.65 bits per heavy atom. The molecular weight excluding hydrogens is 276 g/mol. The Hall–Kier alpha value is -0.650. The summed E-state index contributed by atoms with van der Waals surface area (Å²) < 4.78 is 0.710. The molecule has 0 aromatic carbocycles. The molecule has 0 fully saturated rings. The van der Waals surface area contributed by atoms with Crippen LogP contribution in [0.15, 0.2) is 12.1 Å². The lowest BCUT2D eigenvalue weighted by molar-refractivity contribution is -0.127. The molecular formula is C11H15ClN2OS2. The van der Waals surface area contributed by atoms with Gasteiger partial charge in [-0.3, -0.25) is 4.79 Å². The summed E-state index contributed by atoms with van der Waals surface area (Å²) in [6.45, 7) is 4.10. The van der Waals surface area contributed by atoms with Crippen LogP contribution in [0.25, 0.3) is 0 Å². The van der Waals surface area contributed by atoms with Crippen LogP contribution >= 0.6 is 35.2 Å². The van der Waals surface area contributed by atoms with Crippen molar-refractivity contribution in [3.8, 4) is 0 Å². The zero-order valence-corrected chi connectivity index (χ0v) is 12.1. The molecule has 0 bridgehead atoms. The number of halogens is 1. The highest BCUT2D eigenvalue weighted by atomic mass is 35.5. The molecule has 94 valence electrons. The van der Waals surface area contributed by atoms with E-state index in [0.29, 0.717) is 17.3 Å². The predicted octanol–water partition coefficient (Wildman–Crippen LogP) is 2.72. The quantitative estimate of drug-likeness (QED) is 0.820. The van der Waals surface area contributed by atoms with Gasteiger partial charge in [0.2, 0.25) is 5.91 Å². The van der Waals surface area contributed by atoms with E-state index in [1.807, 2.05) is 13.0 Å². The number of rotatable bonds is 5. The molecule has 0 saturated heterocycles. The summed E-state index contributed by atoms with van der Waals surface area (Å²) in [6, 6.07) is 3.69.